The lowest BCUT2D eigenvalue weighted by Crippen LogP contribution is -2.46. The van der Waals surface area contributed by atoms with Crippen LogP contribution in [0.4, 0.5) is 5.69 Å². The van der Waals surface area contributed by atoms with Gasteiger partial charge in [-0.15, -0.1) is 0 Å². The number of fused-ring (bicyclic) bond motifs is 1. The molecule has 0 saturated carbocycles. The van der Waals surface area contributed by atoms with Gasteiger partial charge < -0.3 is 9.64 Å². The van der Waals surface area contributed by atoms with E-state index in [1.165, 1.54) is 0 Å². The minimum absolute atomic E-state index is 0.635. The molecule has 0 atom stereocenters. The van der Waals surface area contributed by atoms with Crippen LogP contribution in [0.15, 0.2) is 36.4 Å². The average molecular weight is 375 g/mol. The van der Waals surface area contributed by atoms with Crippen LogP contribution in [0.2, 0.25) is 5.02 Å². The van der Waals surface area contributed by atoms with E-state index in [2.05, 4.69) is 20.9 Å². The van der Waals surface area contributed by atoms with E-state index in [1.54, 1.807) is 18.4 Å². The summed E-state index contributed by atoms with van der Waals surface area (Å²) in [6, 6.07) is 11.9. The summed E-state index contributed by atoms with van der Waals surface area (Å²) in [4.78, 5) is 14.9. The van der Waals surface area contributed by atoms with E-state index in [0.29, 0.717) is 5.88 Å². The fourth-order valence-electron chi connectivity index (χ4n) is 3.07. The molecule has 1 aliphatic rings. The fourth-order valence-corrected chi connectivity index (χ4v) is 4.30. The summed E-state index contributed by atoms with van der Waals surface area (Å²) < 4.78 is 5.19. The second-order valence-electron chi connectivity index (χ2n) is 6.00. The molecule has 0 spiro atoms. The summed E-state index contributed by atoms with van der Waals surface area (Å²) in [5.74, 6) is 0.635. The molecule has 0 N–H and O–H groups in total. The Hall–Kier alpha value is -1.89. The summed E-state index contributed by atoms with van der Waals surface area (Å²) in [5, 5.41) is 1.92. The number of anilines is 1. The summed E-state index contributed by atoms with van der Waals surface area (Å²) >= 11 is 7.95. The molecule has 1 saturated heterocycles. The molecule has 25 heavy (non-hydrogen) atoms. The maximum atomic E-state index is 6.31. The van der Waals surface area contributed by atoms with Crippen molar-refractivity contribution in [2.75, 3.05) is 38.2 Å². The van der Waals surface area contributed by atoms with Crippen LogP contribution in [0.5, 0.6) is 5.88 Å². The van der Waals surface area contributed by atoms with Gasteiger partial charge in [0.2, 0.25) is 5.88 Å². The van der Waals surface area contributed by atoms with Gasteiger partial charge in [0, 0.05) is 32.2 Å². The number of nitrogens with zero attached hydrogens (tertiary/aromatic N) is 4. The standard InChI is InChI=1S/C18H19ClN4OS/c1-24-16-7-6-14-18(21-16)25-17(20-14)12-22-8-10-23(11-9-22)15-5-3-2-4-13(15)19/h2-7H,8-12H2,1H3. The number of methoxy groups -OCH3 is 1. The molecule has 130 valence electrons. The first-order chi connectivity index (χ1) is 12.2. The predicted molar refractivity (Wildman–Crippen MR) is 103 cm³/mol. The second-order valence-corrected chi connectivity index (χ2v) is 7.47. The van der Waals surface area contributed by atoms with Gasteiger partial charge in [0.05, 0.1) is 24.4 Å². The zero-order valence-electron chi connectivity index (χ0n) is 14.0. The third-order valence-corrected chi connectivity index (χ3v) is 5.68. The number of halogens is 1. The lowest BCUT2D eigenvalue weighted by atomic mass is 10.2. The summed E-state index contributed by atoms with van der Waals surface area (Å²) in [7, 11) is 1.63. The number of pyridine rings is 1. The van der Waals surface area contributed by atoms with Crippen molar-refractivity contribution >= 4 is 39.0 Å². The minimum Gasteiger partial charge on any atom is -0.481 e. The summed E-state index contributed by atoms with van der Waals surface area (Å²) in [5.41, 5.74) is 2.07. The molecule has 0 radical (unpaired) electrons. The van der Waals surface area contributed by atoms with E-state index >= 15 is 0 Å². The Kier molecular flexibility index (Phi) is 4.74. The van der Waals surface area contributed by atoms with Crippen molar-refractivity contribution < 1.29 is 4.74 Å². The van der Waals surface area contributed by atoms with E-state index in [4.69, 9.17) is 21.3 Å². The van der Waals surface area contributed by atoms with E-state index in [1.807, 2.05) is 30.3 Å². The smallest absolute Gasteiger partial charge is 0.214 e. The van der Waals surface area contributed by atoms with E-state index in [-0.39, 0.29) is 0 Å². The highest BCUT2D eigenvalue weighted by atomic mass is 35.5. The van der Waals surface area contributed by atoms with Gasteiger partial charge in [0.15, 0.2) is 0 Å². The molecule has 3 heterocycles. The van der Waals surface area contributed by atoms with E-state index in [0.717, 1.165) is 58.8 Å². The van der Waals surface area contributed by atoms with Crippen LogP contribution < -0.4 is 9.64 Å². The van der Waals surface area contributed by atoms with Crippen LogP contribution in [-0.4, -0.2) is 48.2 Å². The molecule has 1 fully saturated rings. The van der Waals surface area contributed by atoms with Crippen LogP contribution in [0.3, 0.4) is 0 Å². The Bertz CT molecular complexity index is 876. The molecule has 4 rings (SSSR count). The third kappa shape index (κ3) is 3.56. The second kappa shape index (κ2) is 7.15. The lowest BCUT2D eigenvalue weighted by molar-refractivity contribution is 0.249. The molecule has 3 aromatic rings. The number of benzene rings is 1. The van der Waals surface area contributed by atoms with E-state index < -0.39 is 0 Å². The van der Waals surface area contributed by atoms with Crippen molar-refractivity contribution in [2.24, 2.45) is 0 Å². The highest BCUT2D eigenvalue weighted by Crippen LogP contribution is 2.27. The van der Waals surface area contributed by atoms with Crippen LogP contribution in [0.1, 0.15) is 5.01 Å². The monoisotopic (exact) mass is 374 g/mol. The average Bonchev–Trinajstić information content (AvgIpc) is 3.04. The molecular weight excluding hydrogens is 356 g/mol. The maximum absolute atomic E-state index is 6.31. The molecule has 0 amide bonds. The van der Waals surface area contributed by atoms with Crippen molar-refractivity contribution in [1.29, 1.82) is 0 Å². The Morgan fingerprint density at radius 2 is 1.88 bits per heavy atom. The van der Waals surface area contributed by atoms with Gasteiger partial charge in [-0.25, -0.2) is 9.97 Å². The molecule has 0 bridgehead atoms. The topological polar surface area (TPSA) is 41.5 Å². The summed E-state index contributed by atoms with van der Waals surface area (Å²) in [6.07, 6.45) is 0. The molecule has 0 aliphatic carbocycles. The SMILES string of the molecule is COc1ccc2nc(CN3CCN(c4ccccc4Cl)CC3)sc2n1. The Morgan fingerprint density at radius 3 is 2.64 bits per heavy atom. The maximum Gasteiger partial charge on any atom is 0.214 e. The van der Waals surface area contributed by atoms with Gasteiger partial charge in [0.1, 0.15) is 15.4 Å². The Balaban J connectivity index is 1.41. The molecular formula is C18H19ClN4OS. The van der Waals surface area contributed by atoms with Crippen LogP contribution in [-0.2, 0) is 6.54 Å². The highest BCUT2D eigenvalue weighted by molar-refractivity contribution is 7.18. The largest absolute Gasteiger partial charge is 0.481 e. The minimum atomic E-state index is 0.635. The fraction of sp³-hybridized carbons (Fsp3) is 0.333. The first-order valence-corrected chi connectivity index (χ1v) is 9.44. The Labute approximate surface area is 155 Å². The molecule has 7 heteroatoms. The summed E-state index contributed by atoms with van der Waals surface area (Å²) in [6.45, 7) is 4.80. The Morgan fingerprint density at radius 1 is 1.08 bits per heavy atom. The predicted octanol–water partition coefficient (Wildman–Crippen LogP) is 3.68. The van der Waals surface area contributed by atoms with Crippen molar-refractivity contribution in [3.05, 3.63) is 46.4 Å². The van der Waals surface area contributed by atoms with Crippen molar-refractivity contribution in [1.82, 2.24) is 14.9 Å². The van der Waals surface area contributed by atoms with Crippen molar-refractivity contribution in [2.45, 2.75) is 6.54 Å². The molecule has 2 aromatic heterocycles. The van der Waals surface area contributed by atoms with Gasteiger partial charge in [-0.2, -0.15) is 0 Å². The molecule has 1 aliphatic heterocycles. The molecule has 5 nitrogen and oxygen atoms in total. The number of ether oxygens (including phenoxy) is 1. The number of rotatable bonds is 4. The zero-order valence-corrected chi connectivity index (χ0v) is 15.6. The number of hydrogen-bond donors (Lipinski definition) is 0. The van der Waals surface area contributed by atoms with Crippen LogP contribution in [0, 0.1) is 0 Å². The molecule has 1 aromatic carbocycles. The number of para-hydroxylation sites is 1. The molecule has 0 unspecified atom stereocenters. The van der Waals surface area contributed by atoms with Gasteiger partial charge in [-0.1, -0.05) is 35.1 Å². The number of piperazine rings is 1. The lowest BCUT2D eigenvalue weighted by Gasteiger charge is -2.36. The first-order valence-electron chi connectivity index (χ1n) is 8.25. The van der Waals surface area contributed by atoms with Crippen molar-refractivity contribution in [3.8, 4) is 5.88 Å². The van der Waals surface area contributed by atoms with Gasteiger partial charge in [-0.3, -0.25) is 4.90 Å². The van der Waals surface area contributed by atoms with Gasteiger partial charge >= 0.3 is 0 Å². The number of aromatic nitrogens is 2. The van der Waals surface area contributed by atoms with E-state index in [9.17, 15) is 0 Å². The quantitative estimate of drug-likeness (QED) is 0.696. The first kappa shape index (κ1) is 16.6. The van der Waals surface area contributed by atoms with Gasteiger partial charge in [0.25, 0.3) is 0 Å². The third-order valence-electron chi connectivity index (χ3n) is 4.41. The van der Waals surface area contributed by atoms with Crippen LogP contribution >= 0.6 is 22.9 Å². The zero-order chi connectivity index (χ0) is 17.2. The van der Waals surface area contributed by atoms with Crippen LogP contribution in [0.25, 0.3) is 10.3 Å². The van der Waals surface area contributed by atoms with Gasteiger partial charge in [-0.05, 0) is 18.2 Å². The number of thiazole rings is 1. The van der Waals surface area contributed by atoms with Crippen molar-refractivity contribution in [3.63, 3.8) is 0 Å². The highest BCUT2D eigenvalue weighted by Gasteiger charge is 2.20. The number of hydrogen-bond acceptors (Lipinski definition) is 6. The normalized spacial score (nSPS) is 15.7.